The standard InChI is InChI=1S/C31H34N8O4/c1-20-16-38(28-7-9-32-31(35-28)43-19-21-3-4-23-15-33-36(2)26(23)13-21)11-10-37(20)18-29-34-25-6-5-22(30(40)41)14-27(25)39(29)17-24-8-12-42-24/h3-7,9,13-15,20,24H,8,10-12,16-19H2,1-2H3,(H,40,41)/t20-,24-/m0/s1. The Morgan fingerprint density at radius 2 is 2.00 bits per heavy atom. The SMILES string of the molecule is C[C@H]1CN(c2ccnc(OCc3ccc4cnn(C)c4c3)n2)CCN1Cc1nc2ccc(C(=O)O)cc2n1C[C@@H]1CCO1. The number of piperazine rings is 1. The van der Waals surface area contributed by atoms with Gasteiger partial charge in [0.05, 0.1) is 47.5 Å². The van der Waals surface area contributed by atoms with E-state index in [-0.39, 0.29) is 17.7 Å². The number of hydrogen-bond donors (Lipinski definition) is 1. The number of carboxylic acids is 1. The first-order chi connectivity index (χ1) is 20.9. The molecule has 5 aromatic rings. The number of rotatable bonds is 9. The molecule has 0 spiro atoms. The number of imidazole rings is 1. The smallest absolute Gasteiger partial charge is 0.335 e. The molecule has 2 aliphatic heterocycles. The van der Waals surface area contributed by atoms with Crippen molar-refractivity contribution in [3.05, 3.63) is 71.8 Å². The molecule has 0 radical (unpaired) electrons. The van der Waals surface area contributed by atoms with Gasteiger partial charge < -0.3 is 24.0 Å². The first-order valence-electron chi connectivity index (χ1n) is 14.6. The molecule has 2 atom stereocenters. The van der Waals surface area contributed by atoms with Gasteiger partial charge in [0.25, 0.3) is 0 Å². The molecular formula is C31H34N8O4. The van der Waals surface area contributed by atoms with E-state index in [1.807, 2.05) is 36.1 Å². The molecule has 3 aromatic heterocycles. The molecular weight excluding hydrogens is 548 g/mol. The number of carbonyl (C=O) groups is 1. The quantitative estimate of drug-likeness (QED) is 0.276. The molecule has 2 aliphatic rings. The topological polar surface area (TPSA) is 124 Å². The molecule has 0 bridgehead atoms. The van der Waals surface area contributed by atoms with Gasteiger partial charge in [0, 0.05) is 50.9 Å². The maximum absolute atomic E-state index is 11.6. The zero-order chi connectivity index (χ0) is 29.5. The highest BCUT2D eigenvalue weighted by Gasteiger charge is 2.28. The summed E-state index contributed by atoms with van der Waals surface area (Å²) in [5, 5.41) is 14.9. The number of nitrogens with zero attached hydrogens (tertiary/aromatic N) is 8. The molecule has 1 N–H and O–H groups in total. The lowest BCUT2D eigenvalue weighted by atomic mass is 10.1. The molecule has 12 heteroatoms. The highest BCUT2D eigenvalue weighted by Crippen LogP contribution is 2.26. The van der Waals surface area contributed by atoms with Gasteiger partial charge in [-0.3, -0.25) is 9.58 Å². The summed E-state index contributed by atoms with van der Waals surface area (Å²) in [6.07, 6.45) is 4.72. The van der Waals surface area contributed by atoms with Crippen LogP contribution in [-0.2, 0) is 31.5 Å². The van der Waals surface area contributed by atoms with Crippen molar-refractivity contribution < 1.29 is 19.4 Å². The maximum Gasteiger partial charge on any atom is 0.335 e. The van der Waals surface area contributed by atoms with Gasteiger partial charge in [0.15, 0.2) is 0 Å². The van der Waals surface area contributed by atoms with Crippen molar-refractivity contribution in [2.75, 3.05) is 31.1 Å². The van der Waals surface area contributed by atoms with E-state index in [2.05, 4.69) is 37.4 Å². The molecule has 7 rings (SSSR count). The van der Waals surface area contributed by atoms with Gasteiger partial charge in [-0.2, -0.15) is 10.1 Å². The minimum atomic E-state index is -0.940. The fourth-order valence-electron chi connectivity index (χ4n) is 5.89. The Balaban J connectivity index is 1.03. The number of fused-ring (bicyclic) bond motifs is 2. The molecule has 0 saturated carbocycles. The summed E-state index contributed by atoms with van der Waals surface area (Å²) in [5.74, 6) is 0.829. The third-order valence-corrected chi connectivity index (χ3v) is 8.49. The van der Waals surface area contributed by atoms with Gasteiger partial charge in [-0.05, 0) is 49.2 Å². The molecule has 2 fully saturated rings. The average Bonchev–Trinajstić information content (AvgIpc) is 3.53. The zero-order valence-electron chi connectivity index (χ0n) is 24.3. The largest absolute Gasteiger partial charge is 0.478 e. The van der Waals surface area contributed by atoms with Crippen LogP contribution < -0.4 is 9.64 Å². The minimum absolute atomic E-state index is 0.131. The Bertz CT molecular complexity index is 1800. The van der Waals surface area contributed by atoms with Gasteiger partial charge >= 0.3 is 12.0 Å². The summed E-state index contributed by atoms with van der Waals surface area (Å²) in [5.41, 5.74) is 3.99. The molecule has 2 saturated heterocycles. The summed E-state index contributed by atoms with van der Waals surface area (Å²) in [6, 6.07) is 13.8. The van der Waals surface area contributed by atoms with E-state index in [0.29, 0.717) is 25.7 Å². The summed E-state index contributed by atoms with van der Waals surface area (Å²) in [6.45, 7) is 7.11. The summed E-state index contributed by atoms with van der Waals surface area (Å²) in [7, 11) is 1.93. The Kier molecular flexibility index (Phi) is 7.15. The lowest BCUT2D eigenvalue weighted by molar-refractivity contribution is -0.0592. The van der Waals surface area contributed by atoms with Gasteiger partial charge in [-0.25, -0.2) is 14.8 Å². The van der Waals surface area contributed by atoms with Crippen LogP contribution >= 0.6 is 0 Å². The predicted octanol–water partition coefficient (Wildman–Crippen LogP) is 3.49. The lowest BCUT2D eigenvalue weighted by Crippen LogP contribution is -2.52. The second kappa shape index (κ2) is 11.3. The number of ether oxygens (including phenoxy) is 2. The Labute approximate surface area is 248 Å². The number of anilines is 1. The van der Waals surface area contributed by atoms with Crippen LogP contribution in [0.25, 0.3) is 21.9 Å². The highest BCUT2D eigenvalue weighted by atomic mass is 16.5. The van der Waals surface area contributed by atoms with Crippen LogP contribution in [0, 0.1) is 0 Å². The number of hydrogen-bond acceptors (Lipinski definition) is 9. The lowest BCUT2D eigenvalue weighted by Gasteiger charge is -2.40. The summed E-state index contributed by atoms with van der Waals surface area (Å²) in [4.78, 5) is 30.3. The number of aromatic nitrogens is 6. The number of aromatic carboxylic acids is 1. The Hall–Kier alpha value is -4.55. The van der Waals surface area contributed by atoms with E-state index in [4.69, 9.17) is 19.4 Å². The Morgan fingerprint density at radius 1 is 1.12 bits per heavy atom. The number of benzene rings is 2. The average molecular weight is 583 g/mol. The van der Waals surface area contributed by atoms with E-state index in [1.165, 1.54) is 0 Å². The van der Waals surface area contributed by atoms with Crippen LogP contribution in [-0.4, -0.2) is 83.7 Å². The van der Waals surface area contributed by atoms with Gasteiger partial charge in [-0.15, -0.1) is 0 Å². The minimum Gasteiger partial charge on any atom is -0.478 e. The van der Waals surface area contributed by atoms with Crippen LogP contribution in [0.1, 0.15) is 35.1 Å². The molecule has 0 amide bonds. The van der Waals surface area contributed by atoms with Gasteiger partial charge in [0.1, 0.15) is 18.2 Å². The third-order valence-electron chi connectivity index (χ3n) is 8.49. The second-order valence-corrected chi connectivity index (χ2v) is 11.3. The maximum atomic E-state index is 11.6. The van der Waals surface area contributed by atoms with Crippen LogP contribution in [0.2, 0.25) is 0 Å². The highest BCUT2D eigenvalue weighted by molar-refractivity contribution is 5.92. The fraction of sp³-hybridized carbons (Fsp3) is 0.387. The predicted molar refractivity (Wildman–Crippen MR) is 160 cm³/mol. The first-order valence-corrected chi connectivity index (χ1v) is 14.6. The van der Waals surface area contributed by atoms with E-state index in [1.54, 1.807) is 24.4 Å². The van der Waals surface area contributed by atoms with Crippen molar-refractivity contribution in [2.45, 2.75) is 45.2 Å². The van der Waals surface area contributed by atoms with Crippen molar-refractivity contribution in [1.82, 2.24) is 34.2 Å². The van der Waals surface area contributed by atoms with Crippen molar-refractivity contribution in [3.8, 4) is 6.01 Å². The van der Waals surface area contributed by atoms with Crippen molar-refractivity contribution in [2.24, 2.45) is 7.05 Å². The van der Waals surface area contributed by atoms with Crippen LogP contribution in [0.15, 0.2) is 54.9 Å². The summed E-state index contributed by atoms with van der Waals surface area (Å²) < 4.78 is 15.7. The fourth-order valence-corrected chi connectivity index (χ4v) is 5.89. The number of carboxylic acid groups (broad SMARTS) is 1. The third kappa shape index (κ3) is 5.51. The molecule has 222 valence electrons. The van der Waals surface area contributed by atoms with E-state index in [0.717, 1.165) is 71.8 Å². The van der Waals surface area contributed by atoms with E-state index in [9.17, 15) is 9.90 Å². The molecule has 0 aliphatic carbocycles. The van der Waals surface area contributed by atoms with Gasteiger partial charge in [0.2, 0.25) is 0 Å². The number of aryl methyl sites for hydroxylation is 1. The van der Waals surface area contributed by atoms with Crippen molar-refractivity contribution in [3.63, 3.8) is 0 Å². The molecule has 2 aromatic carbocycles. The van der Waals surface area contributed by atoms with Crippen molar-refractivity contribution >= 4 is 33.7 Å². The van der Waals surface area contributed by atoms with E-state index >= 15 is 0 Å². The summed E-state index contributed by atoms with van der Waals surface area (Å²) >= 11 is 0. The first kappa shape index (κ1) is 27.3. The molecule has 0 unspecified atom stereocenters. The Morgan fingerprint density at radius 3 is 2.79 bits per heavy atom. The van der Waals surface area contributed by atoms with Crippen molar-refractivity contribution in [1.29, 1.82) is 0 Å². The molecule has 5 heterocycles. The van der Waals surface area contributed by atoms with Crippen LogP contribution in [0.5, 0.6) is 6.01 Å². The van der Waals surface area contributed by atoms with Crippen LogP contribution in [0.4, 0.5) is 5.82 Å². The normalized spacial score (nSPS) is 19.2. The van der Waals surface area contributed by atoms with E-state index < -0.39 is 5.97 Å². The second-order valence-electron chi connectivity index (χ2n) is 11.3. The van der Waals surface area contributed by atoms with Crippen LogP contribution in [0.3, 0.4) is 0 Å². The monoisotopic (exact) mass is 582 g/mol. The molecule has 43 heavy (non-hydrogen) atoms. The molecule has 12 nitrogen and oxygen atoms in total. The van der Waals surface area contributed by atoms with Gasteiger partial charge in [-0.1, -0.05) is 12.1 Å². The zero-order valence-corrected chi connectivity index (χ0v) is 24.3.